The topological polar surface area (TPSA) is 80.9 Å². The van der Waals surface area contributed by atoms with E-state index in [4.69, 9.17) is 5.11 Å². The van der Waals surface area contributed by atoms with Crippen LogP contribution in [0.3, 0.4) is 0 Å². The third kappa shape index (κ3) is 0.625. The van der Waals surface area contributed by atoms with Gasteiger partial charge in [0.2, 0.25) is 0 Å². The molecule has 0 aliphatic rings. The van der Waals surface area contributed by atoms with Crippen LogP contribution in [0.2, 0.25) is 0 Å². The van der Waals surface area contributed by atoms with Gasteiger partial charge in [0.1, 0.15) is 0 Å². The van der Waals surface area contributed by atoms with Crippen molar-refractivity contribution in [3.05, 3.63) is 6.33 Å². The Morgan fingerprint density at radius 1 is 1.75 bits per heavy atom. The highest BCUT2D eigenvalue weighted by atomic mass is 16.4. The molecule has 0 amide bonds. The van der Waals surface area contributed by atoms with Gasteiger partial charge in [0.25, 0.3) is 6.09 Å². The molecule has 1 aromatic rings. The summed E-state index contributed by atoms with van der Waals surface area (Å²) in [6.45, 7) is 0. The van der Waals surface area contributed by atoms with Crippen molar-refractivity contribution in [3.63, 3.8) is 0 Å². The van der Waals surface area contributed by atoms with Gasteiger partial charge in [-0.25, -0.2) is 5.10 Å². The van der Waals surface area contributed by atoms with Crippen molar-refractivity contribution in [2.45, 2.75) is 0 Å². The Balaban J connectivity index is 2.93. The number of nitrogens with zero attached hydrogens (tertiary/aromatic N) is 4. The molecule has 1 heterocycles. The Morgan fingerprint density at radius 2 is 2.50 bits per heavy atom. The first-order chi connectivity index (χ1) is 3.80. The Hall–Kier alpha value is -1.46. The van der Waals surface area contributed by atoms with Crippen LogP contribution in [0.4, 0.5) is 4.79 Å². The molecule has 42 valence electrons. The number of tetrazole rings is 1. The highest BCUT2D eigenvalue weighted by Gasteiger charge is 1.84. The Kier molecular flexibility index (Phi) is 0.918. The normalized spacial score (nSPS) is 9.00. The SMILES string of the molecule is O=C(O)n1[c-]nnn1. The van der Waals surface area contributed by atoms with Crippen LogP contribution in [0.1, 0.15) is 0 Å². The molecule has 0 saturated heterocycles. The maximum absolute atomic E-state index is 9.85. The summed E-state index contributed by atoms with van der Waals surface area (Å²) in [4.78, 5) is 9.85. The molecule has 6 heteroatoms. The minimum Gasteiger partial charge on any atom is -0.548 e. The van der Waals surface area contributed by atoms with Gasteiger partial charge in [-0.15, -0.1) is 0 Å². The van der Waals surface area contributed by atoms with Crippen LogP contribution >= 0.6 is 0 Å². The van der Waals surface area contributed by atoms with Crippen LogP contribution in [0.5, 0.6) is 0 Å². The molecule has 0 aliphatic heterocycles. The lowest BCUT2D eigenvalue weighted by molar-refractivity contribution is 0.191. The van der Waals surface area contributed by atoms with E-state index in [1.807, 2.05) is 6.33 Å². The van der Waals surface area contributed by atoms with E-state index in [0.29, 0.717) is 4.68 Å². The summed E-state index contributed by atoms with van der Waals surface area (Å²) in [7, 11) is 0. The van der Waals surface area contributed by atoms with Gasteiger partial charge in [-0.05, 0) is 11.5 Å². The maximum Gasteiger partial charge on any atom is 0.270 e. The molecular weight excluding hydrogens is 112 g/mol. The fraction of sp³-hybridized carbons (Fsp3) is 0. The van der Waals surface area contributed by atoms with Gasteiger partial charge in [-0.3, -0.25) is 4.68 Å². The van der Waals surface area contributed by atoms with Crippen molar-refractivity contribution in [3.8, 4) is 0 Å². The first-order valence-electron chi connectivity index (χ1n) is 1.70. The third-order valence-corrected chi connectivity index (χ3v) is 0.495. The molecule has 1 aromatic heterocycles. The molecule has 0 atom stereocenters. The van der Waals surface area contributed by atoms with Gasteiger partial charge in [-0.1, -0.05) is 5.21 Å². The van der Waals surface area contributed by atoms with E-state index in [9.17, 15) is 4.79 Å². The van der Waals surface area contributed by atoms with Crippen LogP contribution in [0.15, 0.2) is 0 Å². The van der Waals surface area contributed by atoms with E-state index >= 15 is 0 Å². The van der Waals surface area contributed by atoms with E-state index in [2.05, 4.69) is 15.5 Å². The molecule has 1 rings (SSSR count). The van der Waals surface area contributed by atoms with E-state index in [1.165, 1.54) is 0 Å². The maximum atomic E-state index is 9.85. The average Bonchev–Trinajstić information content (AvgIpc) is 2.12. The molecule has 0 aromatic carbocycles. The van der Waals surface area contributed by atoms with Crippen molar-refractivity contribution in [1.82, 2.24) is 20.2 Å². The van der Waals surface area contributed by atoms with Gasteiger partial charge in [0.15, 0.2) is 0 Å². The predicted molar refractivity (Wildman–Crippen MR) is 20.1 cm³/mol. The molecule has 0 fully saturated rings. The molecule has 6 nitrogen and oxygen atoms in total. The molecule has 0 radical (unpaired) electrons. The number of aromatic nitrogens is 4. The lowest BCUT2D eigenvalue weighted by Gasteiger charge is -1.95. The van der Waals surface area contributed by atoms with Crippen LogP contribution < -0.4 is 0 Å². The van der Waals surface area contributed by atoms with Crippen molar-refractivity contribution >= 4 is 6.09 Å². The highest BCUT2D eigenvalue weighted by Crippen LogP contribution is 1.70. The number of hydrogen-bond donors (Lipinski definition) is 1. The zero-order chi connectivity index (χ0) is 5.98. The van der Waals surface area contributed by atoms with E-state index < -0.39 is 6.09 Å². The number of carboxylic acid groups (broad SMARTS) is 1. The van der Waals surface area contributed by atoms with E-state index in [-0.39, 0.29) is 0 Å². The van der Waals surface area contributed by atoms with Crippen LogP contribution in [-0.2, 0) is 0 Å². The summed E-state index contributed by atoms with van der Waals surface area (Å²) in [5.74, 6) is 0. The fourth-order valence-electron chi connectivity index (χ4n) is 0.223. The van der Waals surface area contributed by atoms with Crippen molar-refractivity contribution < 1.29 is 9.90 Å². The standard InChI is InChI=1S/C2HN4O2/c7-2(8)6-1-3-4-5-6/h(H,7,8)/q-1. The second-order valence-corrected chi connectivity index (χ2v) is 0.973. The summed E-state index contributed by atoms with van der Waals surface area (Å²) < 4.78 is 0.486. The van der Waals surface area contributed by atoms with Crippen molar-refractivity contribution in [2.75, 3.05) is 0 Å². The number of carbonyl (C=O) groups is 1. The fourth-order valence-corrected chi connectivity index (χ4v) is 0.223. The molecule has 0 aliphatic carbocycles. The van der Waals surface area contributed by atoms with Crippen LogP contribution in [0.25, 0.3) is 0 Å². The molecule has 0 unspecified atom stereocenters. The minimum absolute atomic E-state index is 0.486. The van der Waals surface area contributed by atoms with Gasteiger partial charge in [0.05, 0.1) is 0 Å². The quantitative estimate of drug-likeness (QED) is 0.344. The van der Waals surface area contributed by atoms with E-state index in [1.54, 1.807) is 0 Å². The molecule has 0 saturated carbocycles. The number of rotatable bonds is 0. The Morgan fingerprint density at radius 3 is 2.75 bits per heavy atom. The summed E-state index contributed by atoms with van der Waals surface area (Å²) >= 11 is 0. The van der Waals surface area contributed by atoms with E-state index in [0.717, 1.165) is 0 Å². The molecular formula is C2HN4O2-. The second kappa shape index (κ2) is 1.57. The van der Waals surface area contributed by atoms with Crippen LogP contribution in [-0.4, -0.2) is 31.4 Å². The molecule has 8 heavy (non-hydrogen) atoms. The predicted octanol–water partition coefficient (Wildman–Crippen LogP) is -1.00. The largest absolute Gasteiger partial charge is 0.548 e. The lowest BCUT2D eigenvalue weighted by atomic mass is 11.1. The zero-order valence-corrected chi connectivity index (χ0v) is 3.64. The zero-order valence-electron chi connectivity index (χ0n) is 3.64. The van der Waals surface area contributed by atoms with Crippen molar-refractivity contribution in [2.24, 2.45) is 0 Å². The second-order valence-electron chi connectivity index (χ2n) is 0.973. The Labute approximate surface area is 43.7 Å². The third-order valence-electron chi connectivity index (χ3n) is 0.495. The van der Waals surface area contributed by atoms with Gasteiger partial charge >= 0.3 is 0 Å². The van der Waals surface area contributed by atoms with Crippen LogP contribution in [0, 0.1) is 6.33 Å². The summed E-state index contributed by atoms with van der Waals surface area (Å²) in [5, 5.41) is 17.1. The average molecular weight is 113 g/mol. The smallest absolute Gasteiger partial charge is 0.270 e. The lowest BCUT2D eigenvalue weighted by Crippen LogP contribution is -2.08. The van der Waals surface area contributed by atoms with Gasteiger partial charge in [-0.2, -0.15) is 0 Å². The van der Waals surface area contributed by atoms with Crippen molar-refractivity contribution in [1.29, 1.82) is 0 Å². The molecule has 0 spiro atoms. The summed E-state index contributed by atoms with van der Waals surface area (Å²) in [5.41, 5.74) is 0. The molecule has 1 N–H and O–H groups in total. The molecule has 0 bridgehead atoms. The van der Waals surface area contributed by atoms with Gasteiger partial charge < -0.3 is 9.90 Å². The monoisotopic (exact) mass is 113 g/mol. The Bertz CT molecular complexity index is 180. The highest BCUT2D eigenvalue weighted by molar-refractivity contribution is 5.65. The number of hydrogen-bond acceptors (Lipinski definition) is 4. The first kappa shape index (κ1) is 4.69. The summed E-state index contributed by atoms with van der Waals surface area (Å²) in [6, 6.07) is 0. The van der Waals surface area contributed by atoms with Gasteiger partial charge in [0, 0.05) is 0 Å². The minimum atomic E-state index is -1.24. The summed E-state index contributed by atoms with van der Waals surface area (Å²) in [6.07, 6.45) is 0.741. The first-order valence-corrected chi connectivity index (χ1v) is 1.70.